The molecule has 1 atom stereocenters. The zero-order valence-electron chi connectivity index (χ0n) is 10.8. The lowest BCUT2D eigenvalue weighted by molar-refractivity contribution is -0.123. The monoisotopic (exact) mass is 274 g/mol. The highest BCUT2D eigenvalue weighted by atomic mass is 19.1. The number of nitrogens with zero attached hydrogens (tertiary/aromatic N) is 1. The van der Waals surface area contributed by atoms with Crippen molar-refractivity contribution in [3.63, 3.8) is 0 Å². The molecule has 0 aliphatic rings. The zero-order chi connectivity index (χ0) is 14.4. The van der Waals surface area contributed by atoms with Gasteiger partial charge in [-0.2, -0.15) is 0 Å². The third-order valence-corrected chi connectivity index (χ3v) is 2.97. The van der Waals surface area contributed by atoms with E-state index in [4.69, 9.17) is 0 Å². The number of halogens is 1. The van der Waals surface area contributed by atoms with Crippen LogP contribution in [0.4, 0.5) is 4.39 Å². The maximum absolute atomic E-state index is 13.6. The number of pyridine rings is 1. The minimum absolute atomic E-state index is 0.193. The molecule has 20 heavy (non-hydrogen) atoms. The van der Waals surface area contributed by atoms with Crippen LogP contribution in [-0.4, -0.2) is 22.6 Å². The van der Waals surface area contributed by atoms with E-state index < -0.39 is 24.2 Å². The number of amides is 1. The highest BCUT2D eigenvalue weighted by molar-refractivity contribution is 5.83. The Kier molecular flexibility index (Phi) is 4.79. The average molecular weight is 274 g/mol. The average Bonchev–Trinajstić information content (AvgIpc) is 2.49. The van der Waals surface area contributed by atoms with Crippen molar-refractivity contribution in [2.75, 3.05) is 6.61 Å². The molecule has 0 saturated carbocycles. The van der Waals surface area contributed by atoms with Crippen molar-refractivity contribution in [1.29, 1.82) is 0 Å². The Morgan fingerprint density at radius 2 is 2.10 bits per heavy atom. The van der Waals surface area contributed by atoms with Gasteiger partial charge in [0.1, 0.15) is 5.82 Å². The lowest BCUT2D eigenvalue weighted by Crippen LogP contribution is -2.31. The Labute approximate surface area is 116 Å². The molecule has 5 heteroatoms. The fourth-order valence-electron chi connectivity index (χ4n) is 1.90. The second kappa shape index (κ2) is 6.77. The predicted molar refractivity (Wildman–Crippen MR) is 72.3 cm³/mol. The molecule has 0 spiro atoms. The Morgan fingerprint density at radius 3 is 2.75 bits per heavy atom. The summed E-state index contributed by atoms with van der Waals surface area (Å²) in [7, 11) is 0. The van der Waals surface area contributed by atoms with Crippen molar-refractivity contribution in [2.24, 2.45) is 0 Å². The van der Waals surface area contributed by atoms with E-state index in [-0.39, 0.29) is 12.1 Å². The van der Waals surface area contributed by atoms with E-state index in [1.165, 1.54) is 12.1 Å². The molecule has 0 saturated heterocycles. The van der Waals surface area contributed by atoms with Gasteiger partial charge in [0, 0.05) is 24.5 Å². The summed E-state index contributed by atoms with van der Waals surface area (Å²) in [5.74, 6) is -1.82. The first-order chi connectivity index (χ1) is 9.72. The number of benzene rings is 1. The first-order valence-corrected chi connectivity index (χ1v) is 6.24. The van der Waals surface area contributed by atoms with E-state index >= 15 is 0 Å². The molecule has 0 aliphatic carbocycles. The molecule has 1 aromatic heterocycles. The summed E-state index contributed by atoms with van der Waals surface area (Å²) in [5.41, 5.74) is 1.03. The fourth-order valence-corrected chi connectivity index (χ4v) is 1.90. The van der Waals surface area contributed by atoms with Crippen molar-refractivity contribution >= 4 is 5.91 Å². The number of carbonyl (C=O) groups excluding carboxylic acids is 1. The second-order valence-electron chi connectivity index (χ2n) is 4.34. The van der Waals surface area contributed by atoms with Gasteiger partial charge < -0.3 is 10.4 Å². The lowest BCUT2D eigenvalue weighted by Gasteiger charge is -2.15. The van der Waals surface area contributed by atoms with E-state index in [1.54, 1.807) is 30.6 Å². The van der Waals surface area contributed by atoms with Gasteiger partial charge in [-0.3, -0.25) is 9.78 Å². The van der Waals surface area contributed by atoms with Gasteiger partial charge in [0.25, 0.3) is 0 Å². The van der Waals surface area contributed by atoms with Crippen LogP contribution in [0.3, 0.4) is 0 Å². The maximum Gasteiger partial charge on any atom is 0.230 e. The standard InChI is InChI=1S/C15H15FN2O2/c16-14-6-2-1-5-12(14)13(10-19)15(20)18-9-11-4-3-7-17-8-11/h1-8,13,19H,9-10H2,(H,18,20)/t13-/m0/s1. The summed E-state index contributed by atoms with van der Waals surface area (Å²) in [6, 6.07) is 9.54. The summed E-state index contributed by atoms with van der Waals surface area (Å²) in [6.07, 6.45) is 3.28. The van der Waals surface area contributed by atoms with Gasteiger partial charge in [0.05, 0.1) is 12.5 Å². The van der Waals surface area contributed by atoms with Crippen LogP contribution in [0.25, 0.3) is 0 Å². The molecule has 4 nitrogen and oxygen atoms in total. The van der Waals surface area contributed by atoms with Crippen LogP contribution in [0, 0.1) is 5.82 Å². The van der Waals surface area contributed by atoms with E-state index in [0.717, 1.165) is 5.56 Å². The van der Waals surface area contributed by atoms with E-state index in [9.17, 15) is 14.3 Å². The minimum atomic E-state index is -0.909. The lowest BCUT2D eigenvalue weighted by atomic mass is 9.98. The first kappa shape index (κ1) is 14.1. The molecule has 0 unspecified atom stereocenters. The topological polar surface area (TPSA) is 62.2 Å². The van der Waals surface area contributed by atoms with Gasteiger partial charge in [0.15, 0.2) is 0 Å². The van der Waals surface area contributed by atoms with Crippen LogP contribution in [0.2, 0.25) is 0 Å². The third kappa shape index (κ3) is 3.39. The summed E-state index contributed by atoms with van der Waals surface area (Å²) in [4.78, 5) is 16.0. The quantitative estimate of drug-likeness (QED) is 0.870. The smallest absolute Gasteiger partial charge is 0.230 e. The number of carbonyl (C=O) groups is 1. The van der Waals surface area contributed by atoms with E-state index in [1.807, 2.05) is 6.07 Å². The van der Waals surface area contributed by atoms with Gasteiger partial charge >= 0.3 is 0 Å². The van der Waals surface area contributed by atoms with Gasteiger partial charge in [-0.1, -0.05) is 24.3 Å². The fraction of sp³-hybridized carbons (Fsp3) is 0.200. The molecule has 0 fully saturated rings. The molecule has 2 rings (SSSR count). The number of nitrogens with one attached hydrogen (secondary N) is 1. The number of hydrogen-bond donors (Lipinski definition) is 2. The molecule has 2 N–H and O–H groups in total. The molecule has 0 bridgehead atoms. The van der Waals surface area contributed by atoms with Gasteiger partial charge in [-0.05, 0) is 17.7 Å². The summed E-state index contributed by atoms with van der Waals surface area (Å²) < 4.78 is 13.6. The molecule has 0 radical (unpaired) electrons. The largest absolute Gasteiger partial charge is 0.395 e. The normalized spacial score (nSPS) is 11.9. The minimum Gasteiger partial charge on any atom is -0.395 e. The summed E-state index contributed by atoms with van der Waals surface area (Å²) >= 11 is 0. The van der Waals surface area contributed by atoms with Crippen LogP contribution in [0.15, 0.2) is 48.8 Å². The number of rotatable bonds is 5. The first-order valence-electron chi connectivity index (χ1n) is 6.24. The SMILES string of the molecule is O=C(NCc1cccnc1)[C@@H](CO)c1ccccc1F. The van der Waals surface area contributed by atoms with Crippen molar-refractivity contribution in [3.8, 4) is 0 Å². The summed E-state index contributed by atoms with van der Waals surface area (Å²) in [5, 5.41) is 12.0. The number of aliphatic hydroxyl groups is 1. The second-order valence-corrected chi connectivity index (χ2v) is 4.34. The van der Waals surface area contributed by atoms with Gasteiger partial charge in [-0.25, -0.2) is 4.39 Å². The van der Waals surface area contributed by atoms with E-state index in [0.29, 0.717) is 0 Å². The highest BCUT2D eigenvalue weighted by Crippen LogP contribution is 2.19. The third-order valence-electron chi connectivity index (χ3n) is 2.97. The molecular weight excluding hydrogens is 259 g/mol. The van der Waals surface area contributed by atoms with Crippen molar-refractivity contribution in [2.45, 2.75) is 12.5 Å². The summed E-state index contributed by atoms with van der Waals surface area (Å²) in [6.45, 7) is -0.155. The molecule has 2 aromatic rings. The van der Waals surface area contributed by atoms with Gasteiger partial charge in [0.2, 0.25) is 5.91 Å². The van der Waals surface area contributed by atoms with Crippen molar-refractivity contribution in [1.82, 2.24) is 10.3 Å². The molecule has 104 valence electrons. The Hall–Kier alpha value is -2.27. The molecule has 0 aliphatic heterocycles. The number of hydrogen-bond acceptors (Lipinski definition) is 3. The van der Waals surface area contributed by atoms with Crippen molar-refractivity contribution in [3.05, 3.63) is 65.7 Å². The van der Waals surface area contributed by atoms with Crippen LogP contribution < -0.4 is 5.32 Å². The Bertz CT molecular complexity index is 575. The van der Waals surface area contributed by atoms with Gasteiger partial charge in [-0.15, -0.1) is 0 Å². The predicted octanol–water partition coefficient (Wildman–Crippen LogP) is 1.61. The van der Waals surface area contributed by atoms with Crippen LogP contribution in [-0.2, 0) is 11.3 Å². The Morgan fingerprint density at radius 1 is 1.30 bits per heavy atom. The zero-order valence-corrected chi connectivity index (χ0v) is 10.8. The van der Waals surface area contributed by atoms with Crippen molar-refractivity contribution < 1.29 is 14.3 Å². The molecule has 1 heterocycles. The van der Waals surface area contributed by atoms with Crippen LogP contribution in [0.5, 0.6) is 0 Å². The van der Waals surface area contributed by atoms with E-state index in [2.05, 4.69) is 10.3 Å². The molecule has 1 aromatic carbocycles. The molecule has 1 amide bonds. The number of aliphatic hydroxyl groups excluding tert-OH is 1. The highest BCUT2D eigenvalue weighted by Gasteiger charge is 2.22. The van der Waals surface area contributed by atoms with Crippen LogP contribution >= 0.6 is 0 Å². The number of aromatic nitrogens is 1. The molecular formula is C15H15FN2O2. The maximum atomic E-state index is 13.6. The Balaban J connectivity index is 2.05. The van der Waals surface area contributed by atoms with Crippen LogP contribution in [0.1, 0.15) is 17.0 Å².